The summed E-state index contributed by atoms with van der Waals surface area (Å²) in [7, 11) is 0. The number of carbonyl (C=O) groups is 2. The molecule has 0 amide bonds. The summed E-state index contributed by atoms with van der Waals surface area (Å²) in [5, 5.41) is 11.6. The minimum absolute atomic E-state index is 0.0450. The normalized spacial score (nSPS) is 45.6. The number of alkyl halides is 1. The molecule has 0 radical (unpaired) electrons. The van der Waals surface area contributed by atoms with E-state index in [2.05, 4.69) is 0 Å². The molecule has 5 aliphatic rings. The van der Waals surface area contributed by atoms with E-state index in [-0.39, 0.29) is 28.9 Å². The van der Waals surface area contributed by atoms with Crippen LogP contribution in [0.25, 0.3) is 5.76 Å². The van der Waals surface area contributed by atoms with E-state index in [1.165, 1.54) is 0 Å². The van der Waals surface area contributed by atoms with E-state index in [0.717, 1.165) is 11.1 Å². The van der Waals surface area contributed by atoms with Crippen molar-refractivity contribution in [2.45, 2.75) is 76.2 Å². The third kappa shape index (κ3) is 2.48. The topological polar surface area (TPSA) is 63.6 Å². The molecule has 0 aromatic heterocycles. The summed E-state index contributed by atoms with van der Waals surface area (Å²) in [5.74, 6) is -0.356. The maximum absolute atomic E-state index is 17.3. The smallest absolute Gasteiger partial charge is 0.222 e. The average molecular weight is 485 g/mol. The van der Waals surface area contributed by atoms with Crippen molar-refractivity contribution in [1.82, 2.24) is 0 Å². The van der Waals surface area contributed by atoms with E-state index in [1.807, 2.05) is 44.2 Å². The zero-order valence-electron chi connectivity index (χ0n) is 19.6. The number of fused-ring (bicyclic) bond motifs is 6. The minimum atomic E-state index is -1.84. The van der Waals surface area contributed by atoms with E-state index >= 15 is 4.39 Å². The molecule has 1 aliphatic heterocycles. The fraction of sp³-hybridized carbons (Fsp3) is 0.571. The van der Waals surface area contributed by atoms with Gasteiger partial charge in [0, 0.05) is 28.7 Å². The second kappa shape index (κ2) is 7.04. The van der Waals surface area contributed by atoms with Gasteiger partial charge in [0.05, 0.1) is 6.10 Å². The Labute approximate surface area is 204 Å². The Morgan fingerprint density at radius 2 is 1.79 bits per heavy atom. The van der Waals surface area contributed by atoms with Gasteiger partial charge >= 0.3 is 0 Å². The van der Waals surface area contributed by atoms with E-state index in [4.69, 9.17) is 16.3 Å². The van der Waals surface area contributed by atoms with Gasteiger partial charge in [0.1, 0.15) is 10.7 Å². The highest BCUT2D eigenvalue weighted by molar-refractivity contribution is 6.47. The highest BCUT2D eigenvalue weighted by atomic mass is 35.5. The van der Waals surface area contributed by atoms with E-state index in [1.54, 1.807) is 6.08 Å². The number of benzene rings is 1. The molecule has 1 aromatic carbocycles. The molecule has 6 heteroatoms. The van der Waals surface area contributed by atoms with Gasteiger partial charge in [-0.1, -0.05) is 61.4 Å². The molecule has 7 atom stereocenters. The fourth-order valence-electron chi connectivity index (χ4n) is 8.42. The number of ketones is 2. The van der Waals surface area contributed by atoms with Crippen LogP contribution in [0, 0.1) is 22.7 Å². The highest BCUT2D eigenvalue weighted by Crippen LogP contribution is 2.72. The number of rotatable bonds is 1. The summed E-state index contributed by atoms with van der Waals surface area (Å²) < 4.78 is 23.8. The number of aliphatic hydroxyl groups excluding tert-OH is 1. The molecule has 1 aromatic rings. The van der Waals surface area contributed by atoms with Crippen molar-refractivity contribution in [1.29, 1.82) is 0 Å². The van der Waals surface area contributed by atoms with E-state index < -0.39 is 34.1 Å². The molecule has 4 aliphatic carbocycles. The van der Waals surface area contributed by atoms with Crippen molar-refractivity contribution >= 4 is 28.9 Å². The Morgan fingerprint density at radius 1 is 1.06 bits per heavy atom. The minimum Gasteiger partial charge on any atom is -0.476 e. The Kier molecular flexibility index (Phi) is 4.65. The maximum Gasteiger partial charge on any atom is 0.222 e. The number of halogens is 2. The first-order valence-electron chi connectivity index (χ1n) is 12.4. The average Bonchev–Trinajstić information content (AvgIpc) is 3.25. The van der Waals surface area contributed by atoms with Crippen LogP contribution in [-0.4, -0.2) is 34.0 Å². The molecular formula is C28H30ClFO4. The molecule has 3 saturated carbocycles. The first-order valence-corrected chi connectivity index (χ1v) is 12.8. The van der Waals surface area contributed by atoms with Crippen LogP contribution in [0.3, 0.4) is 0 Å². The van der Waals surface area contributed by atoms with Gasteiger partial charge < -0.3 is 9.84 Å². The Bertz CT molecular complexity index is 1160. The maximum atomic E-state index is 17.3. The van der Waals surface area contributed by atoms with Crippen LogP contribution in [0.1, 0.15) is 64.4 Å². The predicted octanol–water partition coefficient (Wildman–Crippen LogP) is 5.53. The summed E-state index contributed by atoms with van der Waals surface area (Å²) in [5.41, 5.74) is -3.07. The van der Waals surface area contributed by atoms with Gasteiger partial charge in [-0.05, 0) is 50.5 Å². The summed E-state index contributed by atoms with van der Waals surface area (Å²) in [6, 6.07) is 9.35. The lowest BCUT2D eigenvalue weighted by atomic mass is 9.44. The van der Waals surface area contributed by atoms with Gasteiger partial charge in [0.15, 0.2) is 17.1 Å². The summed E-state index contributed by atoms with van der Waals surface area (Å²) in [4.78, 5) is 25.8. The summed E-state index contributed by atoms with van der Waals surface area (Å²) in [6.45, 7) is 3.87. The molecule has 4 nitrogen and oxygen atoms in total. The van der Waals surface area contributed by atoms with Crippen LogP contribution < -0.4 is 0 Å². The second-order valence-corrected chi connectivity index (χ2v) is 11.8. The summed E-state index contributed by atoms with van der Waals surface area (Å²) >= 11 is 6.58. The number of allylic oxidation sites excluding steroid dienone is 1. The van der Waals surface area contributed by atoms with Crippen molar-refractivity contribution in [3.63, 3.8) is 0 Å². The SMILES string of the molecule is C[C@]12CCC(=O)C=C1CC[C@H]1[C@@H]3CC[C@@]4(OC(c5ccccc5)=C(Cl)C4=O)[C@@]3(C)C[C@H](O)C12F. The Morgan fingerprint density at radius 3 is 2.53 bits per heavy atom. The van der Waals surface area contributed by atoms with Crippen LogP contribution in [0.5, 0.6) is 0 Å². The quantitative estimate of drug-likeness (QED) is 0.569. The lowest BCUT2D eigenvalue weighted by Gasteiger charge is -2.63. The van der Waals surface area contributed by atoms with Crippen LogP contribution >= 0.6 is 11.6 Å². The highest BCUT2D eigenvalue weighted by Gasteiger charge is 2.76. The Hall–Kier alpha value is -1.98. The number of hydrogen-bond donors (Lipinski definition) is 1. The largest absolute Gasteiger partial charge is 0.476 e. The first kappa shape index (κ1) is 22.5. The van der Waals surface area contributed by atoms with Gasteiger partial charge in [-0.2, -0.15) is 0 Å². The van der Waals surface area contributed by atoms with Crippen LogP contribution in [-0.2, 0) is 14.3 Å². The van der Waals surface area contributed by atoms with Crippen LogP contribution in [0.4, 0.5) is 4.39 Å². The van der Waals surface area contributed by atoms with Crippen molar-refractivity contribution < 1.29 is 23.8 Å². The molecule has 34 heavy (non-hydrogen) atoms. The monoisotopic (exact) mass is 484 g/mol. The first-order chi connectivity index (χ1) is 16.1. The molecular weight excluding hydrogens is 455 g/mol. The third-order valence-corrected chi connectivity index (χ3v) is 10.6. The molecule has 3 fully saturated rings. The van der Waals surface area contributed by atoms with Gasteiger partial charge in [0.2, 0.25) is 5.78 Å². The van der Waals surface area contributed by atoms with E-state index in [0.29, 0.717) is 44.3 Å². The second-order valence-electron chi connectivity index (χ2n) is 11.4. The Balaban J connectivity index is 1.41. The predicted molar refractivity (Wildman–Crippen MR) is 126 cm³/mol. The molecule has 0 bridgehead atoms. The number of aliphatic hydroxyl groups is 1. The molecule has 1 N–H and O–H groups in total. The van der Waals surface area contributed by atoms with Gasteiger partial charge in [0.25, 0.3) is 0 Å². The number of Topliss-reactive ketones (excluding diaryl/α,β-unsaturated/α-hetero) is 1. The van der Waals surface area contributed by atoms with Crippen LogP contribution in [0.2, 0.25) is 0 Å². The standard InChI is InChI=1S/C28H30ClFO4/c1-25-12-10-18(31)14-17(25)8-9-20-19-11-13-27(26(19,2)15-21(32)28(20,25)30)24(33)22(29)23(34-27)16-6-4-3-5-7-16/h3-7,14,19-21,32H,8-13,15H2,1-2H3/t19-,20-,21-,25-,26-,27-,28?/m0/s1. The van der Waals surface area contributed by atoms with Crippen molar-refractivity contribution in [3.05, 3.63) is 52.6 Å². The van der Waals surface area contributed by atoms with Crippen molar-refractivity contribution in [2.75, 3.05) is 0 Å². The van der Waals surface area contributed by atoms with Crippen molar-refractivity contribution in [3.8, 4) is 0 Å². The summed E-state index contributed by atoms with van der Waals surface area (Å²) in [6.07, 6.45) is 3.51. The zero-order chi connectivity index (χ0) is 24.1. The van der Waals surface area contributed by atoms with E-state index in [9.17, 15) is 14.7 Å². The van der Waals surface area contributed by atoms with Gasteiger partial charge in [-0.15, -0.1) is 0 Å². The lowest BCUT2D eigenvalue weighted by Crippen LogP contribution is -2.69. The lowest BCUT2D eigenvalue weighted by molar-refractivity contribution is -0.223. The molecule has 6 rings (SSSR count). The van der Waals surface area contributed by atoms with Gasteiger partial charge in [-0.3, -0.25) is 9.59 Å². The molecule has 1 spiro atoms. The fourth-order valence-corrected chi connectivity index (χ4v) is 8.72. The molecule has 1 heterocycles. The molecule has 180 valence electrons. The van der Waals surface area contributed by atoms with Crippen molar-refractivity contribution in [2.24, 2.45) is 22.7 Å². The van der Waals surface area contributed by atoms with Gasteiger partial charge in [-0.25, -0.2) is 4.39 Å². The molecule has 1 unspecified atom stereocenters. The zero-order valence-corrected chi connectivity index (χ0v) is 20.3. The number of ether oxygens (including phenoxy) is 1. The number of hydrogen-bond acceptors (Lipinski definition) is 4. The third-order valence-electron chi connectivity index (χ3n) is 10.2. The number of carbonyl (C=O) groups excluding carboxylic acids is 2. The molecule has 0 saturated heterocycles. The van der Waals surface area contributed by atoms with Crippen LogP contribution in [0.15, 0.2) is 47.0 Å².